The van der Waals surface area contributed by atoms with Gasteiger partial charge < -0.3 is 9.69 Å². The molecule has 0 bridgehead atoms. The molecular formula is C22H20F3N5O. The molecule has 1 aliphatic rings. The first kappa shape index (κ1) is 20.9. The minimum Gasteiger partial charge on any atom is -0.338 e. The standard InChI is InChI=1S/C22H20F3N5O/c23-22(24,25)18-4-1-3-16(13-18)19-6-5-17(14-28-19)20(15-31)29-9-11-30(12-10-29)21-26-7-2-8-27-21/h1-8,13-15,20H,9-12H2. The fourth-order valence-electron chi connectivity index (χ4n) is 3.64. The molecule has 1 fully saturated rings. The van der Waals surface area contributed by atoms with E-state index in [1.165, 1.54) is 6.07 Å². The lowest BCUT2D eigenvalue weighted by molar-refractivity contribution is -0.137. The Bertz CT molecular complexity index is 1020. The third kappa shape index (κ3) is 4.72. The van der Waals surface area contributed by atoms with Crippen LogP contribution in [0.5, 0.6) is 0 Å². The zero-order chi connectivity index (χ0) is 21.8. The summed E-state index contributed by atoms with van der Waals surface area (Å²) in [6.07, 6.45) is 1.41. The molecule has 31 heavy (non-hydrogen) atoms. The highest BCUT2D eigenvalue weighted by Gasteiger charge is 2.30. The zero-order valence-corrected chi connectivity index (χ0v) is 16.5. The van der Waals surface area contributed by atoms with Crippen LogP contribution < -0.4 is 4.90 Å². The van der Waals surface area contributed by atoms with Crippen molar-refractivity contribution in [2.45, 2.75) is 12.2 Å². The van der Waals surface area contributed by atoms with Gasteiger partial charge in [0, 0.05) is 50.3 Å². The Hall–Kier alpha value is -3.33. The Morgan fingerprint density at radius 2 is 1.68 bits per heavy atom. The van der Waals surface area contributed by atoms with Crippen molar-refractivity contribution in [3.63, 3.8) is 0 Å². The van der Waals surface area contributed by atoms with E-state index in [1.54, 1.807) is 42.9 Å². The molecule has 1 aliphatic heterocycles. The van der Waals surface area contributed by atoms with Crippen molar-refractivity contribution in [2.75, 3.05) is 31.1 Å². The quantitative estimate of drug-likeness (QED) is 0.580. The van der Waals surface area contributed by atoms with E-state index in [2.05, 4.69) is 19.9 Å². The van der Waals surface area contributed by atoms with Crippen LogP contribution in [-0.2, 0) is 11.0 Å². The van der Waals surface area contributed by atoms with Gasteiger partial charge in [0.15, 0.2) is 0 Å². The third-order valence-electron chi connectivity index (χ3n) is 5.29. The average molecular weight is 427 g/mol. The number of anilines is 1. The van der Waals surface area contributed by atoms with Gasteiger partial charge in [-0.1, -0.05) is 18.2 Å². The maximum Gasteiger partial charge on any atom is 0.416 e. The Balaban J connectivity index is 1.46. The predicted molar refractivity (Wildman–Crippen MR) is 109 cm³/mol. The molecule has 9 heteroatoms. The number of alkyl halides is 3. The lowest BCUT2D eigenvalue weighted by Crippen LogP contribution is -2.48. The number of benzene rings is 1. The van der Waals surface area contributed by atoms with E-state index in [1.807, 2.05) is 4.90 Å². The van der Waals surface area contributed by atoms with Crippen LogP contribution in [0.15, 0.2) is 61.1 Å². The summed E-state index contributed by atoms with van der Waals surface area (Å²) in [5, 5.41) is 0. The molecule has 0 amide bonds. The minimum atomic E-state index is -4.41. The van der Waals surface area contributed by atoms with Crippen LogP contribution in [0.4, 0.5) is 19.1 Å². The van der Waals surface area contributed by atoms with Gasteiger partial charge in [-0.2, -0.15) is 13.2 Å². The summed E-state index contributed by atoms with van der Waals surface area (Å²) in [4.78, 5) is 28.8. The highest BCUT2D eigenvalue weighted by Crippen LogP contribution is 2.32. The highest BCUT2D eigenvalue weighted by atomic mass is 19.4. The van der Waals surface area contributed by atoms with E-state index in [-0.39, 0.29) is 0 Å². The number of piperazine rings is 1. The predicted octanol–water partition coefficient (Wildman–Crippen LogP) is 3.62. The van der Waals surface area contributed by atoms with Gasteiger partial charge in [-0.05, 0) is 29.8 Å². The van der Waals surface area contributed by atoms with Gasteiger partial charge in [-0.25, -0.2) is 9.97 Å². The summed E-state index contributed by atoms with van der Waals surface area (Å²) < 4.78 is 38.9. The fraction of sp³-hybridized carbons (Fsp3) is 0.273. The van der Waals surface area contributed by atoms with Crippen LogP contribution in [0.2, 0.25) is 0 Å². The molecule has 0 saturated carbocycles. The molecule has 160 valence electrons. The average Bonchev–Trinajstić information content (AvgIpc) is 2.81. The molecule has 0 radical (unpaired) electrons. The molecule has 1 saturated heterocycles. The SMILES string of the molecule is O=CC(c1ccc(-c2cccc(C(F)(F)F)c2)nc1)N1CCN(c2ncccn2)CC1. The second-order valence-corrected chi connectivity index (χ2v) is 7.21. The van der Waals surface area contributed by atoms with Crippen molar-refractivity contribution in [3.8, 4) is 11.3 Å². The number of aromatic nitrogens is 3. The molecule has 4 rings (SSSR count). The monoisotopic (exact) mass is 427 g/mol. The molecular weight excluding hydrogens is 407 g/mol. The number of aldehydes is 1. The van der Waals surface area contributed by atoms with Crippen LogP contribution in [0, 0.1) is 0 Å². The van der Waals surface area contributed by atoms with Crippen LogP contribution in [0.1, 0.15) is 17.2 Å². The Kier molecular flexibility index (Phi) is 5.94. The molecule has 0 aliphatic carbocycles. The van der Waals surface area contributed by atoms with E-state index < -0.39 is 17.8 Å². The first-order valence-electron chi connectivity index (χ1n) is 9.80. The van der Waals surface area contributed by atoms with Crippen LogP contribution in [0.3, 0.4) is 0 Å². The Morgan fingerprint density at radius 1 is 0.935 bits per heavy atom. The second kappa shape index (κ2) is 8.81. The third-order valence-corrected chi connectivity index (χ3v) is 5.29. The van der Waals surface area contributed by atoms with Crippen molar-refractivity contribution in [1.82, 2.24) is 19.9 Å². The second-order valence-electron chi connectivity index (χ2n) is 7.21. The van der Waals surface area contributed by atoms with E-state index in [0.717, 1.165) is 18.4 Å². The van der Waals surface area contributed by atoms with Gasteiger partial charge in [-0.15, -0.1) is 0 Å². The van der Waals surface area contributed by atoms with E-state index in [9.17, 15) is 18.0 Å². The van der Waals surface area contributed by atoms with Gasteiger partial charge in [0.1, 0.15) is 6.29 Å². The van der Waals surface area contributed by atoms with Crippen LogP contribution >= 0.6 is 0 Å². The topological polar surface area (TPSA) is 62.2 Å². The summed E-state index contributed by atoms with van der Waals surface area (Å²) in [5.74, 6) is 0.664. The summed E-state index contributed by atoms with van der Waals surface area (Å²) in [7, 11) is 0. The van der Waals surface area contributed by atoms with Crippen molar-refractivity contribution in [3.05, 3.63) is 72.2 Å². The van der Waals surface area contributed by atoms with E-state index in [0.29, 0.717) is 48.9 Å². The van der Waals surface area contributed by atoms with Crippen LogP contribution in [0.25, 0.3) is 11.3 Å². The normalized spacial score (nSPS) is 16.2. The number of rotatable bonds is 5. The molecule has 0 spiro atoms. The highest BCUT2D eigenvalue weighted by molar-refractivity contribution is 5.64. The summed E-state index contributed by atoms with van der Waals surface area (Å²) in [6, 6.07) is 9.73. The number of halogens is 3. The first-order valence-corrected chi connectivity index (χ1v) is 9.80. The van der Waals surface area contributed by atoms with Crippen molar-refractivity contribution >= 4 is 12.2 Å². The molecule has 1 aromatic carbocycles. The Morgan fingerprint density at radius 3 is 2.29 bits per heavy atom. The number of carbonyl (C=O) groups excluding carboxylic acids is 1. The van der Waals surface area contributed by atoms with Gasteiger partial charge in [0.25, 0.3) is 0 Å². The van der Waals surface area contributed by atoms with Gasteiger partial charge in [0.05, 0.1) is 17.3 Å². The number of nitrogens with zero attached hydrogens (tertiary/aromatic N) is 5. The maximum atomic E-state index is 13.0. The van der Waals surface area contributed by atoms with Gasteiger partial charge in [0.2, 0.25) is 5.95 Å². The lowest BCUT2D eigenvalue weighted by Gasteiger charge is -2.37. The molecule has 6 nitrogen and oxygen atoms in total. The lowest BCUT2D eigenvalue weighted by atomic mass is 10.0. The van der Waals surface area contributed by atoms with Gasteiger partial charge in [-0.3, -0.25) is 9.88 Å². The molecule has 3 heterocycles. The largest absolute Gasteiger partial charge is 0.416 e. The van der Waals surface area contributed by atoms with E-state index in [4.69, 9.17) is 0 Å². The van der Waals surface area contributed by atoms with Gasteiger partial charge >= 0.3 is 6.18 Å². The molecule has 3 aromatic rings. The van der Waals surface area contributed by atoms with E-state index >= 15 is 0 Å². The van der Waals surface area contributed by atoms with Crippen molar-refractivity contribution in [2.24, 2.45) is 0 Å². The smallest absolute Gasteiger partial charge is 0.338 e. The fourth-order valence-corrected chi connectivity index (χ4v) is 3.64. The maximum absolute atomic E-state index is 13.0. The number of carbonyl (C=O) groups is 1. The van der Waals surface area contributed by atoms with Crippen LogP contribution in [-0.4, -0.2) is 52.3 Å². The summed E-state index contributed by atoms with van der Waals surface area (Å²) in [5.41, 5.74) is 0.781. The number of hydrogen-bond donors (Lipinski definition) is 0. The van der Waals surface area contributed by atoms with Crippen molar-refractivity contribution in [1.29, 1.82) is 0 Å². The Labute approximate surface area is 177 Å². The summed E-state index contributed by atoms with van der Waals surface area (Å²) >= 11 is 0. The molecule has 1 unspecified atom stereocenters. The number of pyridine rings is 1. The molecule has 2 aromatic heterocycles. The minimum absolute atomic E-state index is 0.375. The van der Waals surface area contributed by atoms with Crippen molar-refractivity contribution < 1.29 is 18.0 Å². The molecule has 0 N–H and O–H groups in total. The first-order chi connectivity index (χ1) is 15.0. The zero-order valence-electron chi connectivity index (χ0n) is 16.5. The number of hydrogen-bond acceptors (Lipinski definition) is 6. The molecule has 1 atom stereocenters. The summed E-state index contributed by atoms with van der Waals surface area (Å²) in [6.45, 7) is 2.67.